The lowest BCUT2D eigenvalue weighted by Crippen LogP contribution is -2.60. The zero-order chi connectivity index (χ0) is 17.3. The van der Waals surface area contributed by atoms with Crippen LogP contribution in [-0.2, 0) is 19.0 Å². The molecule has 0 N–H and O–H groups in total. The molecule has 1 amide bonds. The molecule has 1 rings (SSSR count). The summed E-state index contributed by atoms with van der Waals surface area (Å²) in [7, 11) is 3.01. The number of carbonyl (C=O) groups excluding carboxylic acids is 2. The molecule has 0 aromatic rings. The Kier molecular flexibility index (Phi) is 5.28. The molecule has 22 heavy (non-hydrogen) atoms. The van der Waals surface area contributed by atoms with Crippen molar-refractivity contribution in [2.75, 3.05) is 20.7 Å². The fourth-order valence-electron chi connectivity index (χ4n) is 2.30. The van der Waals surface area contributed by atoms with E-state index in [2.05, 4.69) is 0 Å². The van der Waals surface area contributed by atoms with E-state index in [9.17, 15) is 9.59 Å². The second-order valence-electron chi connectivity index (χ2n) is 6.82. The fraction of sp³-hybridized carbons (Fsp3) is 0.750. The lowest BCUT2D eigenvalue weighted by atomic mass is 9.77. The third kappa shape index (κ3) is 3.61. The van der Waals surface area contributed by atoms with Crippen LogP contribution >= 0.6 is 0 Å². The summed E-state index contributed by atoms with van der Waals surface area (Å²) in [4.78, 5) is 25.7. The summed E-state index contributed by atoms with van der Waals surface area (Å²) < 4.78 is 16.5. The predicted octanol–water partition coefficient (Wildman–Crippen LogP) is 2.52. The van der Waals surface area contributed by atoms with E-state index in [1.807, 2.05) is 13.8 Å². The number of ether oxygens (including phenoxy) is 3. The van der Waals surface area contributed by atoms with E-state index in [0.29, 0.717) is 11.3 Å². The number of nitrogens with zero attached hydrogens (tertiary/aromatic N) is 1. The van der Waals surface area contributed by atoms with E-state index >= 15 is 0 Å². The molecule has 0 heterocycles. The highest BCUT2D eigenvalue weighted by atomic mass is 16.6. The average Bonchev–Trinajstić information content (AvgIpc) is 2.39. The van der Waals surface area contributed by atoms with Crippen molar-refractivity contribution in [2.24, 2.45) is 0 Å². The van der Waals surface area contributed by atoms with Gasteiger partial charge in [-0.15, -0.1) is 0 Å². The molecule has 0 saturated heterocycles. The first kappa shape index (κ1) is 18.5. The number of carbonyl (C=O) groups is 2. The van der Waals surface area contributed by atoms with Crippen molar-refractivity contribution in [3.8, 4) is 0 Å². The van der Waals surface area contributed by atoms with E-state index in [4.69, 9.17) is 14.2 Å². The van der Waals surface area contributed by atoms with Crippen molar-refractivity contribution >= 4 is 11.9 Å². The topological polar surface area (TPSA) is 65.1 Å². The van der Waals surface area contributed by atoms with Crippen LogP contribution in [0.15, 0.2) is 11.3 Å². The first-order valence-corrected chi connectivity index (χ1v) is 7.36. The number of Topliss-reactive ketones (excluding diaryl/α,β-unsaturated/α-hetero) is 1. The molecular weight excluding hydrogens is 286 g/mol. The predicted molar refractivity (Wildman–Crippen MR) is 82.5 cm³/mol. The van der Waals surface area contributed by atoms with E-state index < -0.39 is 17.3 Å². The minimum Gasteiger partial charge on any atom is -0.491 e. The number of amides is 1. The van der Waals surface area contributed by atoms with Gasteiger partial charge in [-0.1, -0.05) is 0 Å². The molecule has 1 atom stereocenters. The molecule has 0 aliphatic heterocycles. The van der Waals surface area contributed by atoms with Gasteiger partial charge < -0.3 is 19.1 Å². The molecule has 0 aromatic carbocycles. The summed E-state index contributed by atoms with van der Waals surface area (Å²) in [5.74, 6) is 0.325. The van der Waals surface area contributed by atoms with Gasteiger partial charge >= 0.3 is 6.09 Å². The van der Waals surface area contributed by atoms with Crippen LogP contribution in [0.5, 0.6) is 0 Å². The Morgan fingerprint density at radius 3 is 2.27 bits per heavy atom. The Balaban J connectivity index is 2.93. The van der Waals surface area contributed by atoms with Crippen LogP contribution in [0.25, 0.3) is 0 Å². The first-order valence-electron chi connectivity index (χ1n) is 7.36. The van der Waals surface area contributed by atoms with Crippen LogP contribution in [0.2, 0.25) is 0 Å². The monoisotopic (exact) mass is 313 g/mol. The second-order valence-corrected chi connectivity index (χ2v) is 6.82. The lowest BCUT2D eigenvalue weighted by Gasteiger charge is -2.43. The van der Waals surface area contributed by atoms with Crippen LogP contribution in [0.1, 0.15) is 41.5 Å². The highest BCUT2D eigenvalue weighted by Crippen LogP contribution is 2.40. The fourth-order valence-corrected chi connectivity index (χ4v) is 2.30. The van der Waals surface area contributed by atoms with Crippen LogP contribution in [0, 0.1) is 0 Å². The summed E-state index contributed by atoms with van der Waals surface area (Å²) in [6, 6.07) is 0. The minimum atomic E-state index is -1.24. The van der Waals surface area contributed by atoms with E-state index in [0.717, 1.165) is 0 Å². The van der Waals surface area contributed by atoms with Gasteiger partial charge in [0.2, 0.25) is 11.4 Å². The lowest BCUT2D eigenvalue weighted by molar-refractivity contribution is -0.148. The van der Waals surface area contributed by atoms with Crippen LogP contribution < -0.4 is 0 Å². The van der Waals surface area contributed by atoms with Gasteiger partial charge in [0.15, 0.2) is 0 Å². The quantitative estimate of drug-likeness (QED) is 0.780. The number of ketones is 1. The maximum absolute atomic E-state index is 12.3. The van der Waals surface area contributed by atoms with Crippen molar-refractivity contribution in [3.63, 3.8) is 0 Å². The van der Waals surface area contributed by atoms with Crippen molar-refractivity contribution < 1.29 is 23.8 Å². The van der Waals surface area contributed by atoms with Gasteiger partial charge in [-0.3, -0.25) is 4.79 Å². The molecule has 1 aliphatic carbocycles. The van der Waals surface area contributed by atoms with Gasteiger partial charge in [-0.05, 0) is 41.5 Å². The molecule has 0 radical (unpaired) electrons. The number of hydrogen-bond donors (Lipinski definition) is 0. The Hall–Kier alpha value is -1.56. The van der Waals surface area contributed by atoms with Gasteiger partial charge in [-0.2, -0.15) is 0 Å². The zero-order valence-electron chi connectivity index (χ0n) is 14.8. The third-order valence-electron chi connectivity index (χ3n) is 3.28. The van der Waals surface area contributed by atoms with Gasteiger partial charge in [0, 0.05) is 19.7 Å². The smallest absolute Gasteiger partial charge is 0.410 e. The maximum atomic E-state index is 12.3. The summed E-state index contributed by atoms with van der Waals surface area (Å²) >= 11 is 0. The van der Waals surface area contributed by atoms with Crippen LogP contribution in [0.3, 0.4) is 0 Å². The van der Waals surface area contributed by atoms with Crippen molar-refractivity contribution in [3.05, 3.63) is 11.3 Å². The number of hydrogen-bond acceptors (Lipinski definition) is 5. The molecule has 0 bridgehead atoms. The van der Waals surface area contributed by atoms with Crippen LogP contribution in [0.4, 0.5) is 4.79 Å². The summed E-state index contributed by atoms with van der Waals surface area (Å²) in [6.45, 7) is 10.9. The Morgan fingerprint density at radius 1 is 1.32 bits per heavy atom. The molecule has 0 fully saturated rings. The summed E-state index contributed by atoms with van der Waals surface area (Å²) in [6.07, 6.45) is -0.593. The van der Waals surface area contributed by atoms with Crippen LogP contribution in [-0.4, -0.2) is 54.8 Å². The van der Waals surface area contributed by atoms with E-state index in [-0.39, 0.29) is 18.4 Å². The third-order valence-corrected chi connectivity index (χ3v) is 3.28. The normalized spacial score (nSPS) is 21.8. The molecule has 0 aromatic heterocycles. The number of methoxy groups -OCH3 is 1. The van der Waals surface area contributed by atoms with Gasteiger partial charge in [0.1, 0.15) is 11.4 Å². The SMILES string of the molecule is COC1(CN(C)C(=O)OC(C)(C)C)C(=O)C(C)=C1OC(C)C. The molecule has 0 spiro atoms. The largest absolute Gasteiger partial charge is 0.491 e. The average molecular weight is 313 g/mol. The van der Waals surface area contributed by atoms with Gasteiger partial charge in [-0.25, -0.2) is 4.79 Å². The number of likely N-dealkylation sites (N-methyl/N-ethyl adjacent to an activating group) is 1. The van der Waals surface area contributed by atoms with Gasteiger partial charge in [0.25, 0.3) is 0 Å². The van der Waals surface area contributed by atoms with Crippen molar-refractivity contribution in [1.82, 2.24) is 4.90 Å². The number of rotatable bonds is 5. The Labute approximate surface area is 132 Å². The molecule has 126 valence electrons. The molecule has 1 unspecified atom stereocenters. The Bertz CT molecular complexity index is 489. The Morgan fingerprint density at radius 2 is 1.86 bits per heavy atom. The first-order chi connectivity index (χ1) is 9.94. The van der Waals surface area contributed by atoms with Crippen molar-refractivity contribution in [1.29, 1.82) is 0 Å². The standard InChI is InChI=1S/C16H27NO5/c1-10(2)21-13-11(3)12(18)16(13,20-8)9-17(7)14(19)22-15(4,5)6/h10H,9H2,1-8H3. The summed E-state index contributed by atoms with van der Waals surface area (Å²) in [5, 5.41) is 0. The van der Waals surface area contributed by atoms with E-state index in [1.54, 1.807) is 34.7 Å². The molecule has 1 aliphatic rings. The second kappa shape index (κ2) is 6.28. The zero-order valence-corrected chi connectivity index (χ0v) is 14.8. The highest BCUT2D eigenvalue weighted by Gasteiger charge is 2.56. The molecule has 6 heteroatoms. The minimum absolute atomic E-state index is 0.0522. The molecule has 0 saturated carbocycles. The molecule has 6 nitrogen and oxygen atoms in total. The van der Waals surface area contributed by atoms with E-state index in [1.165, 1.54) is 12.0 Å². The molecular formula is C16H27NO5. The van der Waals surface area contributed by atoms with Gasteiger partial charge in [0.05, 0.1) is 12.6 Å². The maximum Gasteiger partial charge on any atom is 0.410 e. The highest BCUT2D eigenvalue weighted by molar-refractivity contribution is 6.11. The van der Waals surface area contributed by atoms with Crippen molar-refractivity contribution in [2.45, 2.75) is 58.8 Å². The summed E-state index contributed by atoms with van der Waals surface area (Å²) in [5.41, 5.74) is -1.30.